The Hall–Kier alpha value is -2.35. The molecule has 0 N–H and O–H groups in total. The number of alkyl halides is 3. The first kappa shape index (κ1) is 14.6. The highest BCUT2D eigenvalue weighted by molar-refractivity contribution is 6.28. The van der Waals surface area contributed by atoms with E-state index in [1.807, 2.05) is 0 Å². The Labute approximate surface area is 127 Å². The second kappa shape index (κ2) is 5.13. The summed E-state index contributed by atoms with van der Waals surface area (Å²) in [5.41, 5.74) is 2.04. The molecule has 1 aromatic carbocycles. The lowest BCUT2D eigenvalue weighted by molar-refractivity contribution is -0.274. The van der Waals surface area contributed by atoms with Crippen molar-refractivity contribution in [1.82, 2.24) is 19.5 Å². The minimum Gasteiger partial charge on any atom is -0.406 e. The fourth-order valence-electron chi connectivity index (χ4n) is 2.00. The zero-order valence-corrected chi connectivity index (χ0v) is 11.9. The number of imidazole rings is 1. The summed E-state index contributed by atoms with van der Waals surface area (Å²) in [4.78, 5) is 12.4. The zero-order chi connectivity index (χ0) is 15.9. The highest BCUT2D eigenvalue weighted by Crippen LogP contribution is 2.29. The summed E-state index contributed by atoms with van der Waals surface area (Å²) in [6.07, 6.45) is -3.17. The van der Waals surface area contributed by atoms with Crippen molar-refractivity contribution < 1.29 is 17.9 Å². The molecule has 0 aliphatic rings. The number of ether oxygens (including phenoxy) is 1. The van der Waals surface area contributed by atoms with Crippen LogP contribution in [0.15, 0.2) is 30.6 Å². The molecule has 5 nitrogen and oxygen atoms in total. The predicted octanol–water partition coefficient (Wildman–Crippen LogP) is 3.58. The Bertz CT molecular complexity index is 830. The highest BCUT2D eigenvalue weighted by atomic mass is 35.5. The van der Waals surface area contributed by atoms with Gasteiger partial charge in [-0.2, -0.15) is 4.98 Å². The van der Waals surface area contributed by atoms with Crippen LogP contribution in [0.2, 0.25) is 5.28 Å². The molecule has 9 heteroatoms. The lowest BCUT2D eigenvalue weighted by Gasteiger charge is -2.09. The first-order chi connectivity index (χ1) is 10.3. The predicted molar refractivity (Wildman–Crippen MR) is 73.4 cm³/mol. The summed E-state index contributed by atoms with van der Waals surface area (Å²) in [6, 6.07) is 5.31. The van der Waals surface area contributed by atoms with Crippen LogP contribution < -0.4 is 4.74 Å². The molecule has 0 spiro atoms. The van der Waals surface area contributed by atoms with Crippen LogP contribution in [0.1, 0.15) is 0 Å². The van der Waals surface area contributed by atoms with Crippen LogP contribution >= 0.6 is 11.6 Å². The molecular weight excluding hydrogens is 321 g/mol. The van der Waals surface area contributed by atoms with Crippen LogP contribution in [0.25, 0.3) is 22.4 Å². The molecule has 0 saturated carbocycles. The van der Waals surface area contributed by atoms with Gasteiger partial charge in [0, 0.05) is 12.6 Å². The quantitative estimate of drug-likeness (QED) is 0.675. The summed E-state index contributed by atoms with van der Waals surface area (Å²) in [5.74, 6) is -0.311. The van der Waals surface area contributed by atoms with Gasteiger partial charge in [-0.05, 0) is 35.9 Å². The number of halogens is 4. The summed E-state index contributed by atoms with van der Waals surface area (Å²) in [6.45, 7) is 0. The van der Waals surface area contributed by atoms with E-state index in [0.29, 0.717) is 22.4 Å². The summed E-state index contributed by atoms with van der Waals surface area (Å²) in [7, 11) is 1.75. The molecule has 0 fully saturated rings. The molecule has 2 aromatic heterocycles. The number of aryl methyl sites for hydroxylation is 1. The van der Waals surface area contributed by atoms with Gasteiger partial charge in [0.2, 0.25) is 5.28 Å². The topological polar surface area (TPSA) is 52.8 Å². The van der Waals surface area contributed by atoms with Crippen LogP contribution in [-0.2, 0) is 7.05 Å². The third-order valence-electron chi connectivity index (χ3n) is 2.89. The SMILES string of the molecule is Cn1cnc2c(-c3ccc(OC(F)(F)F)cc3)nc(Cl)nc21. The van der Waals surface area contributed by atoms with E-state index < -0.39 is 6.36 Å². The van der Waals surface area contributed by atoms with Gasteiger partial charge in [0.15, 0.2) is 5.65 Å². The fourth-order valence-corrected chi connectivity index (χ4v) is 2.16. The maximum absolute atomic E-state index is 12.2. The Morgan fingerprint density at radius 3 is 2.45 bits per heavy atom. The largest absolute Gasteiger partial charge is 0.573 e. The van der Waals surface area contributed by atoms with Crippen LogP contribution in [-0.4, -0.2) is 25.9 Å². The minimum absolute atomic E-state index is 0.0294. The normalized spacial score (nSPS) is 11.9. The van der Waals surface area contributed by atoms with E-state index in [1.54, 1.807) is 17.9 Å². The average molecular weight is 329 g/mol. The molecule has 3 aromatic rings. The Balaban J connectivity index is 2.04. The smallest absolute Gasteiger partial charge is 0.406 e. The molecule has 0 unspecified atom stereocenters. The second-order valence-corrected chi connectivity index (χ2v) is 4.78. The average Bonchev–Trinajstić information content (AvgIpc) is 2.79. The summed E-state index contributed by atoms with van der Waals surface area (Å²) < 4.78 is 42.0. The van der Waals surface area contributed by atoms with Crippen molar-refractivity contribution in [2.45, 2.75) is 6.36 Å². The number of benzene rings is 1. The van der Waals surface area contributed by atoms with E-state index in [-0.39, 0.29) is 11.0 Å². The summed E-state index contributed by atoms with van der Waals surface area (Å²) >= 11 is 5.88. The number of nitrogens with zero attached hydrogens (tertiary/aromatic N) is 4. The van der Waals surface area contributed by atoms with Gasteiger partial charge in [-0.25, -0.2) is 9.97 Å². The standard InChI is InChI=1S/C13H8ClF3N4O/c1-21-6-18-10-9(19-12(14)20-11(10)21)7-2-4-8(5-3-7)22-13(15,16)17/h2-6H,1H3. The number of hydrogen-bond acceptors (Lipinski definition) is 4. The van der Waals surface area contributed by atoms with E-state index in [0.717, 1.165) is 0 Å². The monoisotopic (exact) mass is 328 g/mol. The van der Waals surface area contributed by atoms with Crippen LogP contribution in [0.3, 0.4) is 0 Å². The zero-order valence-electron chi connectivity index (χ0n) is 11.1. The molecule has 3 rings (SSSR count). The molecule has 0 saturated heterocycles. The van der Waals surface area contributed by atoms with Gasteiger partial charge < -0.3 is 9.30 Å². The van der Waals surface area contributed by atoms with Gasteiger partial charge in [-0.15, -0.1) is 13.2 Å². The molecule has 0 aliphatic carbocycles. The van der Waals surface area contributed by atoms with Gasteiger partial charge in [-0.3, -0.25) is 0 Å². The third-order valence-corrected chi connectivity index (χ3v) is 3.06. The number of aromatic nitrogens is 4. The molecular formula is C13H8ClF3N4O. The van der Waals surface area contributed by atoms with Crippen molar-refractivity contribution in [2.24, 2.45) is 7.05 Å². The van der Waals surface area contributed by atoms with Crippen LogP contribution in [0, 0.1) is 0 Å². The van der Waals surface area contributed by atoms with E-state index >= 15 is 0 Å². The van der Waals surface area contributed by atoms with Gasteiger partial charge in [0.05, 0.1) is 6.33 Å². The van der Waals surface area contributed by atoms with Crippen molar-refractivity contribution in [3.63, 3.8) is 0 Å². The van der Waals surface area contributed by atoms with Crippen LogP contribution in [0.4, 0.5) is 13.2 Å². The van der Waals surface area contributed by atoms with E-state index in [4.69, 9.17) is 11.6 Å². The number of rotatable bonds is 2. The van der Waals surface area contributed by atoms with Gasteiger partial charge in [-0.1, -0.05) is 0 Å². The lowest BCUT2D eigenvalue weighted by Crippen LogP contribution is -2.16. The molecule has 22 heavy (non-hydrogen) atoms. The van der Waals surface area contributed by atoms with Crippen LogP contribution in [0.5, 0.6) is 5.75 Å². The lowest BCUT2D eigenvalue weighted by atomic mass is 10.1. The Kier molecular flexibility index (Phi) is 3.40. The second-order valence-electron chi connectivity index (χ2n) is 4.44. The number of fused-ring (bicyclic) bond motifs is 1. The fraction of sp³-hybridized carbons (Fsp3) is 0.154. The van der Waals surface area contributed by atoms with Gasteiger partial charge in [0.1, 0.15) is 17.0 Å². The molecule has 0 aliphatic heterocycles. The molecule has 0 radical (unpaired) electrons. The van der Waals surface area contributed by atoms with Crippen molar-refractivity contribution >= 4 is 22.8 Å². The van der Waals surface area contributed by atoms with Gasteiger partial charge >= 0.3 is 6.36 Å². The number of hydrogen-bond donors (Lipinski definition) is 0. The minimum atomic E-state index is -4.73. The third kappa shape index (κ3) is 2.82. The summed E-state index contributed by atoms with van der Waals surface area (Å²) in [5, 5.41) is 0.0294. The molecule has 0 atom stereocenters. The van der Waals surface area contributed by atoms with Crippen molar-refractivity contribution in [1.29, 1.82) is 0 Å². The maximum Gasteiger partial charge on any atom is 0.573 e. The van der Waals surface area contributed by atoms with Crippen molar-refractivity contribution in [3.05, 3.63) is 35.9 Å². The van der Waals surface area contributed by atoms with E-state index in [1.165, 1.54) is 24.3 Å². The van der Waals surface area contributed by atoms with Gasteiger partial charge in [0.25, 0.3) is 0 Å². The molecule has 2 heterocycles. The molecule has 0 bridgehead atoms. The highest BCUT2D eigenvalue weighted by Gasteiger charge is 2.31. The molecule has 114 valence electrons. The van der Waals surface area contributed by atoms with Crippen molar-refractivity contribution in [2.75, 3.05) is 0 Å². The first-order valence-corrected chi connectivity index (χ1v) is 6.42. The maximum atomic E-state index is 12.2. The first-order valence-electron chi connectivity index (χ1n) is 6.04. The Morgan fingerprint density at radius 1 is 1.14 bits per heavy atom. The van der Waals surface area contributed by atoms with Crippen molar-refractivity contribution in [3.8, 4) is 17.0 Å². The van der Waals surface area contributed by atoms with E-state index in [9.17, 15) is 13.2 Å². The molecule has 0 amide bonds. The van der Waals surface area contributed by atoms with E-state index in [2.05, 4.69) is 19.7 Å². The Morgan fingerprint density at radius 2 is 1.82 bits per heavy atom.